The summed E-state index contributed by atoms with van der Waals surface area (Å²) in [5, 5.41) is 4.03. The zero-order valence-electron chi connectivity index (χ0n) is 12.0. The van der Waals surface area contributed by atoms with Gasteiger partial charge in [0.25, 0.3) is 0 Å². The van der Waals surface area contributed by atoms with Gasteiger partial charge in [-0.15, -0.1) is 0 Å². The van der Waals surface area contributed by atoms with Gasteiger partial charge in [0.05, 0.1) is 12.1 Å². The maximum absolute atomic E-state index is 6.12. The number of anilines is 2. The molecule has 0 spiro atoms. The lowest BCUT2D eigenvalue weighted by atomic mass is 10.2. The van der Waals surface area contributed by atoms with Crippen molar-refractivity contribution in [3.8, 4) is 5.75 Å². The van der Waals surface area contributed by atoms with Gasteiger partial charge in [-0.2, -0.15) is 0 Å². The third-order valence-electron chi connectivity index (χ3n) is 3.08. The van der Waals surface area contributed by atoms with E-state index in [0.717, 1.165) is 17.8 Å². The Hall–Kier alpha value is -1.87. The van der Waals surface area contributed by atoms with E-state index in [4.69, 9.17) is 16.3 Å². The molecule has 106 valence electrons. The Morgan fingerprint density at radius 2 is 1.95 bits per heavy atom. The molecule has 2 aromatic carbocycles. The van der Waals surface area contributed by atoms with Gasteiger partial charge in [0.1, 0.15) is 5.75 Å². The van der Waals surface area contributed by atoms with Crippen molar-refractivity contribution in [1.29, 1.82) is 0 Å². The molecule has 3 nitrogen and oxygen atoms in total. The van der Waals surface area contributed by atoms with Crippen molar-refractivity contribution in [1.82, 2.24) is 0 Å². The quantitative estimate of drug-likeness (QED) is 0.900. The first-order valence-corrected chi connectivity index (χ1v) is 6.81. The SMILES string of the molecule is COc1ccc(CNc2cccc(N(C)C)c2)cc1Cl. The van der Waals surface area contributed by atoms with E-state index in [9.17, 15) is 0 Å². The average molecular weight is 291 g/mol. The second-order valence-electron chi connectivity index (χ2n) is 4.77. The third kappa shape index (κ3) is 3.58. The second-order valence-corrected chi connectivity index (χ2v) is 5.17. The van der Waals surface area contributed by atoms with Gasteiger partial charge in [-0.3, -0.25) is 0 Å². The summed E-state index contributed by atoms with van der Waals surface area (Å²) in [6, 6.07) is 14.1. The van der Waals surface area contributed by atoms with E-state index in [-0.39, 0.29) is 0 Å². The summed E-state index contributed by atoms with van der Waals surface area (Å²) in [4.78, 5) is 2.08. The van der Waals surface area contributed by atoms with Crippen LogP contribution in [-0.2, 0) is 6.54 Å². The highest BCUT2D eigenvalue weighted by molar-refractivity contribution is 6.32. The molecule has 0 bridgehead atoms. The number of nitrogens with zero attached hydrogens (tertiary/aromatic N) is 1. The Morgan fingerprint density at radius 1 is 1.15 bits per heavy atom. The zero-order valence-corrected chi connectivity index (χ0v) is 12.7. The van der Waals surface area contributed by atoms with E-state index >= 15 is 0 Å². The van der Waals surface area contributed by atoms with Gasteiger partial charge in [-0.05, 0) is 35.9 Å². The van der Waals surface area contributed by atoms with Crippen LogP contribution < -0.4 is 15.0 Å². The number of benzene rings is 2. The number of halogens is 1. The van der Waals surface area contributed by atoms with Crippen molar-refractivity contribution in [2.45, 2.75) is 6.54 Å². The van der Waals surface area contributed by atoms with Gasteiger partial charge in [0.2, 0.25) is 0 Å². The highest BCUT2D eigenvalue weighted by atomic mass is 35.5. The van der Waals surface area contributed by atoms with E-state index < -0.39 is 0 Å². The Morgan fingerprint density at radius 3 is 2.60 bits per heavy atom. The molecule has 2 rings (SSSR count). The fraction of sp³-hybridized carbons (Fsp3) is 0.250. The van der Waals surface area contributed by atoms with Gasteiger partial charge in [-0.25, -0.2) is 0 Å². The maximum Gasteiger partial charge on any atom is 0.137 e. The standard InChI is InChI=1S/C16H19ClN2O/c1-19(2)14-6-4-5-13(10-14)18-11-12-7-8-16(20-3)15(17)9-12/h4-10,18H,11H2,1-3H3. The highest BCUT2D eigenvalue weighted by Crippen LogP contribution is 2.25. The molecule has 0 aromatic heterocycles. The van der Waals surface area contributed by atoms with Gasteiger partial charge in [0.15, 0.2) is 0 Å². The molecule has 1 N–H and O–H groups in total. The van der Waals surface area contributed by atoms with Crippen molar-refractivity contribution < 1.29 is 4.74 Å². The van der Waals surface area contributed by atoms with Crippen LogP contribution in [0.2, 0.25) is 5.02 Å². The molecule has 4 heteroatoms. The van der Waals surface area contributed by atoms with E-state index in [1.807, 2.05) is 38.4 Å². The van der Waals surface area contributed by atoms with Crippen LogP contribution in [0.25, 0.3) is 0 Å². The minimum atomic E-state index is 0.633. The smallest absolute Gasteiger partial charge is 0.137 e. The van der Waals surface area contributed by atoms with Crippen LogP contribution in [0, 0.1) is 0 Å². The molecular formula is C16H19ClN2O. The van der Waals surface area contributed by atoms with E-state index in [0.29, 0.717) is 10.8 Å². The lowest BCUT2D eigenvalue weighted by molar-refractivity contribution is 0.415. The van der Waals surface area contributed by atoms with Crippen LogP contribution in [0.3, 0.4) is 0 Å². The first-order chi connectivity index (χ1) is 9.60. The Kier molecular flexibility index (Phi) is 4.74. The molecular weight excluding hydrogens is 272 g/mol. The molecule has 0 saturated heterocycles. The van der Waals surface area contributed by atoms with Crippen molar-refractivity contribution >= 4 is 23.0 Å². The van der Waals surface area contributed by atoms with Crippen LogP contribution >= 0.6 is 11.6 Å². The summed E-state index contributed by atoms with van der Waals surface area (Å²) in [7, 11) is 5.68. The Labute approximate surface area is 125 Å². The third-order valence-corrected chi connectivity index (χ3v) is 3.37. The highest BCUT2D eigenvalue weighted by Gasteiger charge is 2.02. The molecule has 0 unspecified atom stereocenters. The summed E-state index contributed by atoms with van der Waals surface area (Å²) in [5.41, 5.74) is 3.37. The molecule has 0 fully saturated rings. The van der Waals surface area contributed by atoms with Crippen molar-refractivity contribution in [3.63, 3.8) is 0 Å². The molecule has 0 radical (unpaired) electrons. The molecule has 0 saturated carbocycles. The second kappa shape index (κ2) is 6.53. The van der Waals surface area contributed by atoms with E-state index in [1.165, 1.54) is 5.69 Å². The van der Waals surface area contributed by atoms with E-state index in [1.54, 1.807) is 7.11 Å². The molecule has 0 aliphatic carbocycles. The van der Waals surface area contributed by atoms with Gasteiger partial charge in [0, 0.05) is 32.0 Å². The predicted molar refractivity (Wildman–Crippen MR) is 86.1 cm³/mol. The molecule has 0 aliphatic heterocycles. The van der Waals surface area contributed by atoms with Crippen LogP contribution in [0.1, 0.15) is 5.56 Å². The maximum atomic E-state index is 6.12. The summed E-state index contributed by atoms with van der Waals surface area (Å²) in [6.45, 7) is 0.723. The lowest BCUT2D eigenvalue weighted by Gasteiger charge is -2.14. The van der Waals surface area contributed by atoms with Crippen molar-refractivity contribution in [2.24, 2.45) is 0 Å². The Bertz CT molecular complexity index is 584. The summed E-state index contributed by atoms with van der Waals surface area (Å²) in [6.07, 6.45) is 0. The number of methoxy groups -OCH3 is 1. The number of hydrogen-bond acceptors (Lipinski definition) is 3. The molecule has 0 amide bonds. The van der Waals surface area contributed by atoms with Crippen LogP contribution in [0.5, 0.6) is 5.75 Å². The largest absolute Gasteiger partial charge is 0.495 e. The zero-order chi connectivity index (χ0) is 14.5. The molecule has 2 aromatic rings. The van der Waals surface area contributed by atoms with E-state index in [2.05, 4.69) is 28.4 Å². The lowest BCUT2D eigenvalue weighted by Crippen LogP contribution is -2.09. The van der Waals surface area contributed by atoms with Gasteiger partial charge < -0.3 is 15.0 Å². The number of nitrogens with one attached hydrogen (secondary N) is 1. The van der Waals surface area contributed by atoms with Gasteiger partial charge in [-0.1, -0.05) is 23.7 Å². The first kappa shape index (κ1) is 14.5. The minimum Gasteiger partial charge on any atom is -0.495 e. The fourth-order valence-electron chi connectivity index (χ4n) is 1.92. The number of ether oxygens (including phenoxy) is 1. The van der Waals surface area contributed by atoms with Gasteiger partial charge >= 0.3 is 0 Å². The van der Waals surface area contributed by atoms with Crippen LogP contribution in [-0.4, -0.2) is 21.2 Å². The molecule has 0 heterocycles. The minimum absolute atomic E-state index is 0.633. The molecule has 20 heavy (non-hydrogen) atoms. The predicted octanol–water partition coefficient (Wildman–Crippen LogP) is 4.03. The average Bonchev–Trinajstić information content (AvgIpc) is 2.45. The topological polar surface area (TPSA) is 24.5 Å². The fourth-order valence-corrected chi connectivity index (χ4v) is 2.20. The summed E-state index contributed by atoms with van der Waals surface area (Å²) in [5.74, 6) is 0.699. The first-order valence-electron chi connectivity index (χ1n) is 6.44. The Balaban J connectivity index is 2.05. The van der Waals surface area contributed by atoms with Crippen molar-refractivity contribution in [2.75, 3.05) is 31.4 Å². The van der Waals surface area contributed by atoms with Crippen molar-refractivity contribution in [3.05, 3.63) is 53.1 Å². The number of hydrogen-bond donors (Lipinski definition) is 1. The van der Waals surface area contributed by atoms with Crippen LogP contribution in [0.4, 0.5) is 11.4 Å². The monoisotopic (exact) mass is 290 g/mol. The normalized spacial score (nSPS) is 10.2. The molecule has 0 aliphatic rings. The summed E-state index contributed by atoms with van der Waals surface area (Å²) < 4.78 is 5.15. The molecule has 0 atom stereocenters. The number of rotatable bonds is 5. The van der Waals surface area contributed by atoms with Crippen LogP contribution in [0.15, 0.2) is 42.5 Å². The summed E-state index contributed by atoms with van der Waals surface area (Å²) >= 11 is 6.12.